The molecule has 0 aliphatic heterocycles. The molecule has 0 aromatic heterocycles. The van der Waals surface area contributed by atoms with Crippen molar-refractivity contribution < 1.29 is 8.42 Å². The predicted molar refractivity (Wildman–Crippen MR) is 95.5 cm³/mol. The molecule has 0 fully saturated rings. The van der Waals surface area contributed by atoms with Crippen molar-refractivity contribution in [1.82, 2.24) is 5.32 Å². The second-order valence-electron chi connectivity index (χ2n) is 6.81. The van der Waals surface area contributed by atoms with Crippen LogP contribution in [0.5, 0.6) is 0 Å². The lowest BCUT2D eigenvalue weighted by Gasteiger charge is -2.33. The Morgan fingerprint density at radius 2 is 1.73 bits per heavy atom. The van der Waals surface area contributed by atoms with Crippen LogP contribution >= 0.6 is 0 Å². The fraction of sp³-hybridized carbons (Fsp3) is 0.316. The number of nitrogens with one attached hydrogen (secondary N) is 1. The molecule has 6 nitrogen and oxygen atoms in total. The molecule has 1 aliphatic carbocycles. The normalized spacial score (nSPS) is 16.2. The molecule has 0 radical (unpaired) electrons. The molecule has 132 valence electrons. The SMILES string of the molecule is CC1(C)CC(NCS(=O)(=O)c2ccccc2)=C(C#N)C(=C(C#N)C#N)C1. The second kappa shape index (κ2) is 7.44. The van der Waals surface area contributed by atoms with Gasteiger partial charge in [-0.05, 0) is 30.4 Å². The van der Waals surface area contributed by atoms with Crippen molar-refractivity contribution in [2.45, 2.75) is 31.6 Å². The Labute approximate surface area is 153 Å². The molecule has 0 amide bonds. The van der Waals surface area contributed by atoms with Crippen molar-refractivity contribution in [1.29, 1.82) is 15.8 Å². The first-order valence-corrected chi connectivity index (χ1v) is 9.58. The average Bonchev–Trinajstić information content (AvgIpc) is 2.61. The Morgan fingerprint density at radius 3 is 2.27 bits per heavy atom. The second-order valence-corrected chi connectivity index (χ2v) is 8.80. The van der Waals surface area contributed by atoms with E-state index >= 15 is 0 Å². The minimum atomic E-state index is -3.58. The van der Waals surface area contributed by atoms with Crippen LogP contribution in [-0.2, 0) is 9.84 Å². The Bertz CT molecular complexity index is 982. The summed E-state index contributed by atoms with van der Waals surface area (Å²) < 4.78 is 24.9. The van der Waals surface area contributed by atoms with Crippen molar-refractivity contribution in [2.24, 2.45) is 5.41 Å². The standard InChI is InChI=1S/C19H18N4O2S/c1-19(2)8-16(14(10-20)11-21)17(12-22)18(9-19)23-13-26(24,25)15-6-4-3-5-7-15/h3-7,23H,8-9,13H2,1-2H3. The van der Waals surface area contributed by atoms with Gasteiger partial charge in [0.25, 0.3) is 0 Å². The molecule has 0 unspecified atom stereocenters. The largest absolute Gasteiger partial charge is 0.374 e. The topological polar surface area (TPSA) is 118 Å². The number of allylic oxidation sites excluding steroid dienone is 4. The lowest BCUT2D eigenvalue weighted by molar-refractivity contribution is 0.340. The molecule has 2 rings (SSSR count). The molecule has 1 aromatic rings. The van der Waals surface area contributed by atoms with Gasteiger partial charge in [-0.25, -0.2) is 8.42 Å². The molecule has 0 spiro atoms. The van der Waals surface area contributed by atoms with Gasteiger partial charge in [-0.3, -0.25) is 0 Å². The molecule has 7 heteroatoms. The van der Waals surface area contributed by atoms with Crippen molar-refractivity contribution in [3.8, 4) is 18.2 Å². The van der Waals surface area contributed by atoms with Gasteiger partial charge in [0, 0.05) is 11.3 Å². The zero-order valence-electron chi connectivity index (χ0n) is 14.6. The van der Waals surface area contributed by atoms with Crippen LogP contribution in [-0.4, -0.2) is 14.3 Å². The number of nitrogens with zero attached hydrogens (tertiary/aromatic N) is 3. The number of nitriles is 3. The predicted octanol–water partition coefficient (Wildman–Crippen LogP) is 2.95. The summed E-state index contributed by atoms with van der Waals surface area (Å²) in [5.74, 6) is -0.366. The lowest BCUT2D eigenvalue weighted by Crippen LogP contribution is -2.31. The summed E-state index contributed by atoms with van der Waals surface area (Å²) in [6, 6.07) is 13.7. The molecule has 0 atom stereocenters. The molecule has 1 N–H and O–H groups in total. The Kier molecular flexibility index (Phi) is 5.50. The first-order valence-electron chi connectivity index (χ1n) is 7.93. The number of hydrogen-bond acceptors (Lipinski definition) is 6. The van der Waals surface area contributed by atoms with Crippen molar-refractivity contribution in [3.05, 3.63) is 52.7 Å². The summed E-state index contributed by atoms with van der Waals surface area (Å²) in [4.78, 5) is 0.187. The summed E-state index contributed by atoms with van der Waals surface area (Å²) in [7, 11) is -3.58. The monoisotopic (exact) mass is 366 g/mol. The van der Waals surface area contributed by atoms with E-state index in [-0.39, 0.29) is 27.3 Å². The maximum absolute atomic E-state index is 12.5. The van der Waals surface area contributed by atoms with E-state index in [1.165, 1.54) is 12.1 Å². The summed E-state index contributed by atoms with van der Waals surface area (Å²) in [6.45, 7) is 3.89. The van der Waals surface area contributed by atoms with Crippen LogP contribution in [0.25, 0.3) is 0 Å². The molecule has 26 heavy (non-hydrogen) atoms. The number of sulfone groups is 1. The zero-order chi connectivity index (χ0) is 19.4. The first-order chi connectivity index (χ1) is 12.2. The van der Waals surface area contributed by atoms with Crippen LogP contribution in [0.15, 0.2) is 57.6 Å². The minimum Gasteiger partial charge on any atom is -0.374 e. The van der Waals surface area contributed by atoms with Crippen LogP contribution in [0, 0.1) is 39.4 Å². The molecule has 0 heterocycles. The summed E-state index contributed by atoms with van der Waals surface area (Å²) >= 11 is 0. The van der Waals surface area contributed by atoms with E-state index in [1.807, 2.05) is 32.1 Å². The summed E-state index contributed by atoms with van der Waals surface area (Å²) in [5.41, 5.74) is 0.577. The van der Waals surface area contributed by atoms with Crippen LogP contribution < -0.4 is 5.32 Å². The fourth-order valence-electron chi connectivity index (χ4n) is 2.93. The van der Waals surface area contributed by atoms with Gasteiger partial charge in [0.2, 0.25) is 0 Å². The quantitative estimate of drug-likeness (QED) is 0.819. The minimum absolute atomic E-state index is 0.112. The van der Waals surface area contributed by atoms with E-state index in [0.717, 1.165) is 0 Å². The third-order valence-corrected chi connectivity index (χ3v) is 5.64. The highest BCUT2D eigenvalue weighted by atomic mass is 32.2. The Hall–Kier alpha value is -3.08. The van der Waals surface area contributed by atoms with E-state index in [1.54, 1.807) is 18.2 Å². The van der Waals surface area contributed by atoms with Gasteiger partial charge in [-0.1, -0.05) is 32.0 Å². The van der Waals surface area contributed by atoms with E-state index < -0.39 is 9.84 Å². The van der Waals surface area contributed by atoms with E-state index in [2.05, 4.69) is 5.32 Å². The third kappa shape index (κ3) is 4.11. The summed E-state index contributed by atoms with van der Waals surface area (Å²) in [5, 5.41) is 30.8. The molecule has 0 saturated carbocycles. The molecule has 0 bridgehead atoms. The van der Waals surface area contributed by atoms with Crippen molar-refractivity contribution >= 4 is 9.84 Å². The smallest absolute Gasteiger partial charge is 0.196 e. The van der Waals surface area contributed by atoms with Gasteiger partial charge < -0.3 is 5.32 Å². The van der Waals surface area contributed by atoms with Crippen molar-refractivity contribution in [3.63, 3.8) is 0 Å². The van der Waals surface area contributed by atoms with E-state index in [9.17, 15) is 24.2 Å². The highest BCUT2D eigenvalue weighted by molar-refractivity contribution is 7.91. The van der Waals surface area contributed by atoms with Gasteiger partial charge in [0.05, 0.1) is 10.5 Å². The highest BCUT2D eigenvalue weighted by Gasteiger charge is 2.33. The summed E-state index contributed by atoms with van der Waals surface area (Å²) in [6.07, 6.45) is 0.858. The van der Waals surface area contributed by atoms with Crippen LogP contribution in [0.4, 0.5) is 0 Å². The van der Waals surface area contributed by atoms with Gasteiger partial charge in [0.1, 0.15) is 29.7 Å². The number of hydrogen-bond donors (Lipinski definition) is 1. The van der Waals surface area contributed by atoms with Crippen LogP contribution in [0.3, 0.4) is 0 Å². The number of rotatable bonds is 4. The lowest BCUT2D eigenvalue weighted by atomic mass is 9.73. The average molecular weight is 366 g/mol. The Morgan fingerprint density at radius 1 is 1.12 bits per heavy atom. The van der Waals surface area contributed by atoms with Crippen molar-refractivity contribution in [2.75, 3.05) is 5.88 Å². The molecule has 1 aromatic carbocycles. The van der Waals surface area contributed by atoms with E-state index in [4.69, 9.17) is 0 Å². The Balaban J connectivity index is 2.43. The maximum atomic E-state index is 12.5. The fourth-order valence-corrected chi connectivity index (χ4v) is 4.03. The molecular weight excluding hydrogens is 348 g/mol. The van der Waals surface area contributed by atoms with Crippen LogP contribution in [0.1, 0.15) is 26.7 Å². The molecular formula is C19H18N4O2S. The molecule has 0 saturated heterocycles. The van der Waals surface area contributed by atoms with E-state index in [0.29, 0.717) is 24.1 Å². The van der Waals surface area contributed by atoms with Crippen LogP contribution in [0.2, 0.25) is 0 Å². The molecule has 1 aliphatic rings. The maximum Gasteiger partial charge on any atom is 0.196 e. The third-order valence-electron chi connectivity index (χ3n) is 4.13. The number of benzene rings is 1. The first kappa shape index (κ1) is 19.2. The van der Waals surface area contributed by atoms with Gasteiger partial charge in [-0.15, -0.1) is 0 Å². The zero-order valence-corrected chi connectivity index (χ0v) is 15.4. The van der Waals surface area contributed by atoms with Gasteiger partial charge in [0.15, 0.2) is 9.84 Å². The highest BCUT2D eigenvalue weighted by Crippen LogP contribution is 2.41. The van der Waals surface area contributed by atoms with Gasteiger partial charge >= 0.3 is 0 Å². The van der Waals surface area contributed by atoms with Gasteiger partial charge in [-0.2, -0.15) is 15.8 Å².